The summed E-state index contributed by atoms with van der Waals surface area (Å²) in [6, 6.07) is 26.6. The van der Waals surface area contributed by atoms with Gasteiger partial charge in [-0.25, -0.2) is 4.98 Å². The van der Waals surface area contributed by atoms with E-state index in [1.807, 2.05) is 60.7 Å². The molecular weight excluding hydrogens is 376 g/mol. The molecule has 0 fully saturated rings. The average Bonchev–Trinajstić information content (AvgIpc) is 3.13. The van der Waals surface area contributed by atoms with Gasteiger partial charge >= 0.3 is 0 Å². The molecule has 0 bridgehead atoms. The summed E-state index contributed by atoms with van der Waals surface area (Å²) in [6.45, 7) is 0. The first-order valence-electron chi connectivity index (χ1n) is 8.39. The zero-order chi connectivity index (χ0) is 18.6. The molecule has 5 heteroatoms. The van der Waals surface area contributed by atoms with Crippen molar-refractivity contribution in [1.82, 2.24) is 4.98 Å². The van der Waals surface area contributed by atoms with Crippen molar-refractivity contribution in [3.8, 4) is 21.8 Å². The second-order valence-corrected chi connectivity index (χ2v) is 7.33. The standard InChI is InChI=1S/C22H15ClN2OS/c23-18-13-11-16(12-14-18)20(26)25-22-19(15-7-3-1-4-8-15)24-21(27-22)17-9-5-2-6-10-17/h1-14H,(H,25,26). The first-order chi connectivity index (χ1) is 13.2. The Bertz CT molecular complexity index is 1060. The molecule has 3 nitrogen and oxygen atoms in total. The Kier molecular flexibility index (Phi) is 5.01. The molecule has 0 saturated carbocycles. The van der Waals surface area contributed by atoms with E-state index in [0.29, 0.717) is 10.6 Å². The highest BCUT2D eigenvalue weighted by Gasteiger charge is 2.17. The maximum Gasteiger partial charge on any atom is 0.256 e. The van der Waals surface area contributed by atoms with Crippen molar-refractivity contribution in [3.63, 3.8) is 0 Å². The lowest BCUT2D eigenvalue weighted by Crippen LogP contribution is -2.11. The highest BCUT2D eigenvalue weighted by atomic mass is 35.5. The van der Waals surface area contributed by atoms with E-state index in [2.05, 4.69) is 5.32 Å². The van der Waals surface area contributed by atoms with Crippen molar-refractivity contribution < 1.29 is 4.79 Å². The lowest BCUT2D eigenvalue weighted by molar-refractivity contribution is 0.102. The number of amides is 1. The molecule has 27 heavy (non-hydrogen) atoms. The summed E-state index contributed by atoms with van der Waals surface area (Å²) in [5.74, 6) is -0.188. The van der Waals surface area contributed by atoms with Crippen LogP contribution in [-0.4, -0.2) is 10.9 Å². The summed E-state index contributed by atoms with van der Waals surface area (Å²) in [7, 11) is 0. The smallest absolute Gasteiger partial charge is 0.256 e. The molecule has 1 amide bonds. The third kappa shape index (κ3) is 3.92. The predicted octanol–water partition coefficient (Wildman–Crippen LogP) is 6.38. The van der Waals surface area contributed by atoms with Crippen molar-refractivity contribution in [3.05, 3.63) is 95.5 Å². The molecule has 1 heterocycles. The number of carbonyl (C=O) groups excluding carboxylic acids is 1. The van der Waals surface area contributed by atoms with Gasteiger partial charge in [-0.1, -0.05) is 83.6 Å². The lowest BCUT2D eigenvalue weighted by atomic mass is 10.1. The Morgan fingerprint density at radius 2 is 1.41 bits per heavy atom. The van der Waals surface area contributed by atoms with Gasteiger partial charge in [-0.15, -0.1) is 0 Å². The van der Waals surface area contributed by atoms with Crippen molar-refractivity contribution in [1.29, 1.82) is 0 Å². The van der Waals surface area contributed by atoms with Gasteiger partial charge in [0.15, 0.2) is 0 Å². The van der Waals surface area contributed by atoms with Crippen molar-refractivity contribution in [2.75, 3.05) is 5.32 Å². The molecule has 1 aromatic heterocycles. The van der Waals surface area contributed by atoms with Crippen LogP contribution in [0.5, 0.6) is 0 Å². The van der Waals surface area contributed by atoms with Gasteiger partial charge in [0.1, 0.15) is 15.7 Å². The summed E-state index contributed by atoms with van der Waals surface area (Å²) in [4.78, 5) is 17.5. The number of aromatic nitrogens is 1. The molecule has 0 radical (unpaired) electrons. The van der Waals surface area contributed by atoms with E-state index in [1.54, 1.807) is 24.3 Å². The first-order valence-corrected chi connectivity index (χ1v) is 9.59. The van der Waals surface area contributed by atoms with Crippen LogP contribution in [0, 0.1) is 0 Å². The van der Waals surface area contributed by atoms with E-state index < -0.39 is 0 Å². The van der Waals surface area contributed by atoms with Crippen molar-refractivity contribution in [2.45, 2.75) is 0 Å². The van der Waals surface area contributed by atoms with Crippen LogP contribution in [-0.2, 0) is 0 Å². The van der Waals surface area contributed by atoms with Crippen LogP contribution in [0.1, 0.15) is 10.4 Å². The highest BCUT2D eigenvalue weighted by molar-refractivity contribution is 7.19. The number of nitrogens with one attached hydrogen (secondary N) is 1. The summed E-state index contributed by atoms with van der Waals surface area (Å²) in [5.41, 5.74) is 3.30. The van der Waals surface area contributed by atoms with E-state index in [0.717, 1.165) is 26.8 Å². The number of nitrogens with zero attached hydrogens (tertiary/aromatic N) is 1. The number of thiazole rings is 1. The number of anilines is 1. The Hall–Kier alpha value is -2.95. The fraction of sp³-hybridized carbons (Fsp3) is 0. The molecule has 0 aliphatic carbocycles. The molecule has 0 atom stereocenters. The molecule has 0 saturated heterocycles. The number of halogens is 1. The fourth-order valence-electron chi connectivity index (χ4n) is 2.68. The van der Waals surface area contributed by atoms with Crippen LogP contribution in [0.15, 0.2) is 84.9 Å². The zero-order valence-corrected chi connectivity index (χ0v) is 15.8. The lowest BCUT2D eigenvalue weighted by Gasteiger charge is -2.05. The quantitative estimate of drug-likeness (QED) is 0.439. The van der Waals surface area contributed by atoms with Crippen LogP contribution in [0.3, 0.4) is 0 Å². The maximum atomic E-state index is 12.7. The molecule has 4 rings (SSSR count). The Labute approximate surface area is 166 Å². The topological polar surface area (TPSA) is 42.0 Å². The molecule has 0 aliphatic rings. The SMILES string of the molecule is O=C(Nc1sc(-c2ccccc2)nc1-c1ccccc1)c1ccc(Cl)cc1. The van der Waals surface area contributed by atoms with E-state index >= 15 is 0 Å². The summed E-state index contributed by atoms with van der Waals surface area (Å²) < 4.78 is 0. The van der Waals surface area contributed by atoms with E-state index in [-0.39, 0.29) is 5.91 Å². The van der Waals surface area contributed by atoms with Gasteiger partial charge in [0, 0.05) is 21.7 Å². The molecule has 0 unspecified atom stereocenters. The minimum Gasteiger partial charge on any atom is -0.312 e. The van der Waals surface area contributed by atoms with Crippen molar-refractivity contribution >= 4 is 33.8 Å². The molecule has 3 aromatic carbocycles. The molecular formula is C22H15ClN2OS. The minimum atomic E-state index is -0.188. The normalized spacial score (nSPS) is 10.6. The zero-order valence-electron chi connectivity index (χ0n) is 14.2. The highest BCUT2D eigenvalue weighted by Crippen LogP contribution is 2.38. The van der Waals surface area contributed by atoms with Gasteiger partial charge < -0.3 is 5.32 Å². The number of rotatable bonds is 4. The molecule has 0 aliphatic heterocycles. The van der Waals surface area contributed by atoms with Crippen LogP contribution in [0.25, 0.3) is 21.8 Å². The average molecular weight is 391 g/mol. The molecule has 132 valence electrons. The number of hydrogen-bond acceptors (Lipinski definition) is 3. The van der Waals surface area contributed by atoms with Crippen LogP contribution >= 0.6 is 22.9 Å². The summed E-state index contributed by atoms with van der Waals surface area (Å²) in [6.07, 6.45) is 0. The third-order valence-electron chi connectivity index (χ3n) is 4.03. The monoisotopic (exact) mass is 390 g/mol. The van der Waals surface area contributed by atoms with E-state index in [4.69, 9.17) is 16.6 Å². The van der Waals surface area contributed by atoms with Gasteiger partial charge in [-0.2, -0.15) is 0 Å². The minimum absolute atomic E-state index is 0.188. The summed E-state index contributed by atoms with van der Waals surface area (Å²) in [5, 5.41) is 5.19. The third-order valence-corrected chi connectivity index (χ3v) is 5.30. The maximum absolute atomic E-state index is 12.7. The summed E-state index contributed by atoms with van der Waals surface area (Å²) >= 11 is 7.38. The van der Waals surface area contributed by atoms with Gasteiger partial charge in [-0.3, -0.25) is 4.79 Å². The van der Waals surface area contributed by atoms with Crippen LogP contribution in [0.2, 0.25) is 5.02 Å². The van der Waals surface area contributed by atoms with Crippen LogP contribution in [0.4, 0.5) is 5.00 Å². The Balaban J connectivity index is 1.73. The first kappa shape index (κ1) is 17.5. The Morgan fingerprint density at radius 1 is 0.815 bits per heavy atom. The van der Waals surface area contributed by atoms with Gasteiger partial charge in [0.05, 0.1) is 0 Å². The second-order valence-electron chi connectivity index (χ2n) is 5.89. The number of carbonyl (C=O) groups is 1. The fourth-order valence-corrected chi connectivity index (χ4v) is 3.79. The molecule has 0 spiro atoms. The van der Waals surface area contributed by atoms with E-state index in [1.165, 1.54) is 11.3 Å². The van der Waals surface area contributed by atoms with Gasteiger partial charge in [-0.05, 0) is 24.3 Å². The second kappa shape index (κ2) is 7.74. The number of benzene rings is 3. The number of hydrogen-bond donors (Lipinski definition) is 1. The Morgan fingerprint density at radius 3 is 2.04 bits per heavy atom. The largest absolute Gasteiger partial charge is 0.312 e. The molecule has 4 aromatic rings. The predicted molar refractivity (Wildman–Crippen MR) is 112 cm³/mol. The van der Waals surface area contributed by atoms with Gasteiger partial charge in [0.25, 0.3) is 5.91 Å². The molecule has 1 N–H and O–H groups in total. The van der Waals surface area contributed by atoms with Crippen molar-refractivity contribution in [2.24, 2.45) is 0 Å². The van der Waals surface area contributed by atoms with E-state index in [9.17, 15) is 4.79 Å². The van der Waals surface area contributed by atoms with Crippen LogP contribution < -0.4 is 5.32 Å². The van der Waals surface area contributed by atoms with Gasteiger partial charge in [0.2, 0.25) is 0 Å².